The van der Waals surface area contributed by atoms with Gasteiger partial charge in [-0.1, -0.05) is 12.1 Å². The highest BCUT2D eigenvalue weighted by Gasteiger charge is 2.17. The Morgan fingerprint density at radius 1 is 1.23 bits per heavy atom. The number of amides is 2. The van der Waals surface area contributed by atoms with Crippen LogP contribution in [0.4, 0.5) is 11.5 Å². The van der Waals surface area contributed by atoms with Crippen LogP contribution in [0, 0.1) is 0 Å². The molecule has 0 radical (unpaired) electrons. The number of nitrogens with one attached hydrogen (secondary N) is 2. The number of nitrogens with two attached hydrogens (primary N) is 1. The number of rotatable bonds is 9. The van der Waals surface area contributed by atoms with Crippen LogP contribution < -0.4 is 16.4 Å². The van der Waals surface area contributed by atoms with Crippen LogP contribution in [-0.4, -0.2) is 36.6 Å². The van der Waals surface area contributed by atoms with E-state index < -0.39 is 0 Å². The molecule has 0 fully saturated rings. The van der Waals surface area contributed by atoms with Crippen LogP contribution in [0.25, 0.3) is 11.1 Å². The van der Waals surface area contributed by atoms with Gasteiger partial charge in [0.05, 0.1) is 13.0 Å². The SMILES string of the molecule is NC(=O)CCCOCCNc1ccc(-c2ccc3c(c2)NC(=O)C3)cn1. The third-order valence-electron chi connectivity index (χ3n) is 4.10. The van der Waals surface area contributed by atoms with Gasteiger partial charge in [-0.05, 0) is 35.7 Å². The van der Waals surface area contributed by atoms with E-state index in [1.807, 2.05) is 30.3 Å². The molecule has 7 heteroatoms. The Morgan fingerprint density at radius 2 is 2.08 bits per heavy atom. The number of primary amides is 1. The fraction of sp³-hybridized carbons (Fsp3) is 0.316. The molecular weight excluding hydrogens is 332 g/mol. The number of aromatic nitrogens is 1. The van der Waals surface area contributed by atoms with E-state index in [0.717, 1.165) is 28.2 Å². The third-order valence-corrected chi connectivity index (χ3v) is 4.10. The van der Waals surface area contributed by atoms with E-state index >= 15 is 0 Å². The monoisotopic (exact) mass is 354 g/mol. The zero-order chi connectivity index (χ0) is 18.4. The first-order valence-electron chi connectivity index (χ1n) is 8.61. The fourth-order valence-corrected chi connectivity index (χ4v) is 2.76. The molecule has 0 atom stereocenters. The Morgan fingerprint density at radius 3 is 2.85 bits per heavy atom. The standard InChI is InChI=1S/C19H22N4O3/c20-17(24)2-1-8-26-9-7-21-18-6-5-15(12-22-18)13-3-4-14-11-19(25)23-16(14)10-13/h3-6,10,12H,1-2,7-9,11H2,(H2,20,24)(H,21,22)(H,23,25). The van der Waals surface area contributed by atoms with E-state index in [9.17, 15) is 9.59 Å². The maximum Gasteiger partial charge on any atom is 0.228 e. The largest absolute Gasteiger partial charge is 0.380 e. The molecule has 2 aromatic rings. The van der Waals surface area contributed by atoms with Crippen LogP contribution in [-0.2, 0) is 20.7 Å². The lowest BCUT2D eigenvalue weighted by atomic mass is 10.0. The van der Waals surface area contributed by atoms with Gasteiger partial charge in [0.25, 0.3) is 0 Å². The van der Waals surface area contributed by atoms with E-state index in [1.165, 1.54) is 0 Å². The topological polar surface area (TPSA) is 106 Å². The first kappa shape index (κ1) is 17.9. The fourth-order valence-electron chi connectivity index (χ4n) is 2.76. The van der Waals surface area contributed by atoms with Crippen LogP contribution in [0.1, 0.15) is 18.4 Å². The molecule has 2 heterocycles. The minimum Gasteiger partial charge on any atom is -0.380 e. The summed E-state index contributed by atoms with van der Waals surface area (Å²) in [5.41, 5.74) is 8.97. The van der Waals surface area contributed by atoms with Crippen LogP contribution in [0.2, 0.25) is 0 Å². The highest BCUT2D eigenvalue weighted by molar-refractivity contribution is 5.99. The molecular formula is C19H22N4O3. The zero-order valence-electron chi connectivity index (χ0n) is 14.5. The van der Waals surface area contributed by atoms with Gasteiger partial charge in [0.15, 0.2) is 0 Å². The molecule has 7 nitrogen and oxygen atoms in total. The summed E-state index contributed by atoms with van der Waals surface area (Å²) in [6.45, 7) is 1.69. The number of hydrogen-bond acceptors (Lipinski definition) is 5. The number of carbonyl (C=O) groups is 2. The maximum atomic E-state index is 11.4. The Labute approximate surface area is 151 Å². The predicted octanol–water partition coefficient (Wildman–Crippen LogP) is 1.94. The van der Waals surface area contributed by atoms with E-state index in [4.69, 9.17) is 10.5 Å². The van der Waals surface area contributed by atoms with Crippen molar-refractivity contribution in [2.75, 3.05) is 30.4 Å². The second kappa shape index (κ2) is 8.44. The number of ether oxygens (including phenoxy) is 1. The summed E-state index contributed by atoms with van der Waals surface area (Å²) >= 11 is 0. The van der Waals surface area contributed by atoms with Crippen molar-refractivity contribution in [3.63, 3.8) is 0 Å². The van der Waals surface area contributed by atoms with Crippen LogP contribution in [0.15, 0.2) is 36.5 Å². The average molecular weight is 354 g/mol. The van der Waals surface area contributed by atoms with E-state index in [2.05, 4.69) is 15.6 Å². The lowest BCUT2D eigenvalue weighted by Gasteiger charge is -2.08. The molecule has 0 saturated heterocycles. The number of benzene rings is 1. The van der Waals surface area contributed by atoms with Gasteiger partial charge in [-0.15, -0.1) is 0 Å². The molecule has 0 spiro atoms. The Balaban J connectivity index is 1.46. The van der Waals surface area contributed by atoms with Crippen LogP contribution in [0.5, 0.6) is 0 Å². The molecule has 2 amide bonds. The van der Waals surface area contributed by atoms with Crippen molar-refractivity contribution in [2.45, 2.75) is 19.3 Å². The number of nitrogens with zero attached hydrogens (tertiary/aromatic N) is 1. The molecule has 4 N–H and O–H groups in total. The number of pyridine rings is 1. The number of carbonyl (C=O) groups excluding carboxylic acids is 2. The van der Waals surface area contributed by atoms with Gasteiger partial charge in [-0.3, -0.25) is 9.59 Å². The van der Waals surface area contributed by atoms with Gasteiger partial charge in [-0.2, -0.15) is 0 Å². The Kier molecular flexibility index (Phi) is 5.80. The summed E-state index contributed by atoms with van der Waals surface area (Å²) in [4.78, 5) is 26.4. The molecule has 1 aliphatic rings. The highest BCUT2D eigenvalue weighted by atomic mass is 16.5. The second-order valence-electron chi connectivity index (χ2n) is 6.14. The molecule has 0 saturated carbocycles. The van der Waals surface area contributed by atoms with Crippen molar-refractivity contribution < 1.29 is 14.3 Å². The molecule has 136 valence electrons. The summed E-state index contributed by atoms with van der Waals surface area (Å²) in [6.07, 6.45) is 3.24. The summed E-state index contributed by atoms with van der Waals surface area (Å²) in [5.74, 6) is 0.498. The van der Waals surface area contributed by atoms with Crippen molar-refractivity contribution >= 4 is 23.3 Å². The second-order valence-corrected chi connectivity index (χ2v) is 6.14. The minimum atomic E-state index is -0.304. The summed E-state index contributed by atoms with van der Waals surface area (Å²) in [5, 5.41) is 6.05. The minimum absolute atomic E-state index is 0.0340. The van der Waals surface area contributed by atoms with Crippen molar-refractivity contribution in [3.05, 3.63) is 42.1 Å². The number of anilines is 2. The van der Waals surface area contributed by atoms with Gasteiger partial charge in [0.1, 0.15) is 5.82 Å². The van der Waals surface area contributed by atoms with E-state index in [-0.39, 0.29) is 11.8 Å². The summed E-state index contributed by atoms with van der Waals surface area (Å²) in [7, 11) is 0. The molecule has 1 aromatic carbocycles. The molecule has 1 aromatic heterocycles. The first-order valence-corrected chi connectivity index (χ1v) is 8.61. The van der Waals surface area contributed by atoms with Crippen molar-refractivity contribution in [3.8, 4) is 11.1 Å². The highest BCUT2D eigenvalue weighted by Crippen LogP contribution is 2.29. The molecule has 0 unspecified atom stereocenters. The van der Waals surface area contributed by atoms with Crippen LogP contribution >= 0.6 is 0 Å². The summed E-state index contributed by atoms with van der Waals surface area (Å²) < 4.78 is 5.42. The van der Waals surface area contributed by atoms with Crippen molar-refractivity contribution in [1.29, 1.82) is 0 Å². The first-order chi connectivity index (χ1) is 12.6. The zero-order valence-corrected chi connectivity index (χ0v) is 14.5. The van der Waals surface area contributed by atoms with Gasteiger partial charge in [0.2, 0.25) is 11.8 Å². The molecule has 1 aliphatic heterocycles. The lowest BCUT2D eigenvalue weighted by Crippen LogP contribution is -2.13. The molecule has 0 aliphatic carbocycles. The smallest absolute Gasteiger partial charge is 0.228 e. The van der Waals surface area contributed by atoms with Gasteiger partial charge < -0.3 is 21.1 Å². The third kappa shape index (κ3) is 4.80. The van der Waals surface area contributed by atoms with Gasteiger partial charge in [-0.25, -0.2) is 4.98 Å². The van der Waals surface area contributed by atoms with Gasteiger partial charge in [0, 0.05) is 37.0 Å². The predicted molar refractivity (Wildman–Crippen MR) is 99.7 cm³/mol. The van der Waals surface area contributed by atoms with Crippen molar-refractivity contribution in [2.24, 2.45) is 5.73 Å². The Bertz CT molecular complexity index is 790. The van der Waals surface area contributed by atoms with Crippen molar-refractivity contribution in [1.82, 2.24) is 4.98 Å². The maximum absolute atomic E-state index is 11.4. The number of hydrogen-bond donors (Lipinski definition) is 3. The van der Waals surface area contributed by atoms with Gasteiger partial charge >= 0.3 is 0 Å². The molecule has 3 rings (SSSR count). The molecule has 0 bridgehead atoms. The molecule has 26 heavy (non-hydrogen) atoms. The van der Waals surface area contributed by atoms with E-state index in [0.29, 0.717) is 39.0 Å². The van der Waals surface area contributed by atoms with E-state index in [1.54, 1.807) is 6.20 Å². The quantitative estimate of drug-likeness (QED) is 0.597. The number of fused-ring (bicyclic) bond motifs is 1. The summed E-state index contributed by atoms with van der Waals surface area (Å²) in [6, 6.07) is 9.85. The van der Waals surface area contributed by atoms with Crippen LogP contribution in [0.3, 0.4) is 0 Å². The normalized spacial score (nSPS) is 12.5. The Hall–Kier alpha value is -2.93. The lowest BCUT2D eigenvalue weighted by molar-refractivity contribution is -0.118. The average Bonchev–Trinajstić information content (AvgIpc) is 3.00.